The first kappa shape index (κ1) is 18.6. The Bertz CT molecular complexity index is 424. The molecular weight excluding hydrogens is 304 g/mol. The van der Waals surface area contributed by atoms with E-state index in [0.29, 0.717) is 11.8 Å². The number of aliphatic hydroxyl groups is 4. The molecule has 0 spiro atoms. The molecule has 0 aromatic carbocycles. The van der Waals surface area contributed by atoms with Crippen molar-refractivity contribution in [2.45, 2.75) is 97.1 Å². The Morgan fingerprint density at radius 2 is 0.875 bits per heavy atom. The monoisotopic (exact) mass is 340 g/mol. The molecule has 0 radical (unpaired) electrons. The second-order valence-corrected chi connectivity index (χ2v) is 9.80. The van der Waals surface area contributed by atoms with E-state index in [0.717, 1.165) is 51.4 Å². The molecule has 3 saturated carbocycles. The fraction of sp³-hybridized carbons (Fsp3) is 1.00. The summed E-state index contributed by atoms with van der Waals surface area (Å²) in [6.07, 6.45) is 6.71. The van der Waals surface area contributed by atoms with Crippen LogP contribution in [0.2, 0.25) is 0 Å². The van der Waals surface area contributed by atoms with Gasteiger partial charge in [-0.3, -0.25) is 0 Å². The van der Waals surface area contributed by atoms with Crippen LogP contribution in [-0.4, -0.2) is 38.4 Å². The van der Waals surface area contributed by atoms with Gasteiger partial charge in [-0.15, -0.1) is 0 Å². The van der Waals surface area contributed by atoms with Crippen molar-refractivity contribution in [1.82, 2.24) is 0 Å². The minimum atomic E-state index is -1.69. The second-order valence-electron chi connectivity index (χ2n) is 9.80. The molecule has 24 heavy (non-hydrogen) atoms. The van der Waals surface area contributed by atoms with Crippen molar-refractivity contribution in [3.63, 3.8) is 0 Å². The lowest BCUT2D eigenvalue weighted by molar-refractivity contribution is -0.469. The fourth-order valence-electron chi connectivity index (χ4n) is 7.51. The van der Waals surface area contributed by atoms with Crippen LogP contribution < -0.4 is 0 Å². The van der Waals surface area contributed by atoms with E-state index in [1.54, 1.807) is 0 Å². The van der Waals surface area contributed by atoms with Gasteiger partial charge in [0.25, 0.3) is 0 Å². The van der Waals surface area contributed by atoms with Crippen molar-refractivity contribution in [1.29, 1.82) is 0 Å². The van der Waals surface area contributed by atoms with E-state index in [1.807, 2.05) is 27.7 Å². The zero-order chi connectivity index (χ0) is 18.0. The first-order valence-electron chi connectivity index (χ1n) is 9.81. The summed E-state index contributed by atoms with van der Waals surface area (Å²) in [6.45, 7) is 8.09. The van der Waals surface area contributed by atoms with Gasteiger partial charge >= 0.3 is 0 Å². The van der Waals surface area contributed by atoms with E-state index < -0.39 is 16.6 Å². The predicted molar refractivity (Wildman–Crippen MR) is 93.1 cm³/mol. The molecule has 0 aromatic rings. The van der Waals surface area contributed by atoms with Crippen molar-refractivity contribution >= 4 is 0 Å². The first-order chi connectivity index (χ1) is 11.0. The largest absolute Gasteiger partial charge is 0.393 e. The van der Waals surface area contributed by atoms with Crippen molar-refractivity contribution in [2.24, 2.45) is 28.1 Å². The van der Waals surface area contributed by atoms with Gasteiger partial charge in [0.1, 0.15) is 0 Å². The van der Waals surface area contributed by atoms with Crippen LogP contribution in [0.15, 0.2) is 0 Å². The van der Waals surface area contributed by atoms with Gasteiger partial charge in [0.2, 0.25) is 0 Å². The summed E-state index contributed by atoms with van der Waals surface area (Å²) < 4.78 is 0. The van der Waals surface area contributed by atoms with Crippen molar-refractivity contribution in [3.05, 3.63) is 0 Å². The zero-order valence-electron chi connectivity index (χ0n) is 15.8. The van der Waals surface area contributed by atoms with Crippen LogP contribution in [0.4, 0.5) is 0 Å². The Kier molecular flexibility index (Phi) is 4.40. The van der Waals surface area contributed by atoms with Crippen LogP contribution in [0.5, 0.6) is 0 Å². The molecule has 3 aliphatic rings. The van der Waals surface area contributed by atoms with Crippen LogP contribution in [0.25, 0.3) is 0 Å². The molecule has 0 amide bonds. The van der Waals surface area contributed by atoms with Gasteiger partial charge in [-0.25, -0.2) is 0 Å². The van der Waals surface area contributed by atoms with E-state index in [9.17, 15) is 20.4 Å². The Labute approximate surface area is 146 Å². The molecule has 0 aromatic heterocycles. The maximum Gasteiger partial charge on any atom is 0.174 e. The van der Waals surface area contributed by atoms with Crippen LogP contribution in [0.1, 0.15) is 79.1 Å². The van der Waals surface area contributed by atoms with Gasteiger partial charge in [-0.1, -0.05) is 27.7 Å². The molecule has 0 heterocycles. The van der Waals surface area contributed by atoms with E-state index >= 15 is 0 Å². The molecule has 3 rings (SSSR count). The van der Waals surface area contributed by atoms with Crippen molar-refractivity contribution < 1.29 is 20.4 Å². The topological polar surface area (TPSA) is 80.9 Å². The predicted octanol–water partition coefficient (Wildman–Crippen LogP) is 2.82. The Hall–Kier alpha value is -0.160. The lowest BCUT2D eigenvalue weighted by Crippen LogP contribution is -2.83. The summed E-state index contributed by atoms with van der Waals surface area (Å²) in [6, 6.07) is 0. The molecule has 4 nitrogen and oxygen atoms in total. The van der Waals surface area contributed by atoms with Gasteiger partial charge in [0, 0.05) is 10.8 Å². The lowest BCUT2D eigenvalue weighted by Gasteiger charge is -2.79. The number of aliphatic hydroxyl groups excluding tert-OH is 2. The van der Waals surface area contributed by atoms with E-state index in [4.69, 9.17) is 0 Å². The molecule has 0 aliphatic heterocycles. The molecule has 3 aliphatic carbocycles. The highest BCUT2D eigenvalue weighted by Gasteiger charge is 2.82. The Morgan fingerprint density at radius 1 is 0.583 bits per heavy atom. The van der Waals surface area contributed by atoms with Crippen LogP contribution in [0, 0.1) is 28.1 Å². The highest BCUT2D eigenvalue weighted by molar-refractivity contribution is 5.26. The highest BCUT2D eigenvalue weighted by Crippen LogP contribution is 2.80. The molecule has 4 heteroatoms. The quantitative estimate of drug-likeness (QED) is 0.583. The molecule has 0 bridgehead atoms. The second kappa shape index (κ2) is 5.67. The van der Waals surface area contributed by atoms with Crippen LogP contribution in [0.3, 0.4) is 0 Å². The molecule has 3 fully saturated rings. The maximum absolute atomic E-state index is 10.9. The van der Waals surface area contributed by atoms with E-state index in [1.165, 1.54) is 0 Å². The lowest BCUT2D eigenvalue weighted by atomic mass is 9.27. The zero-order valence-corrected chi connectivity index (χ0v) is 15.8. The smallest absolute Gasteiger partial charge is 0.174 e. The summed E-state index contributed by atoms with van der Waals surface area (Å²) in [7, 11) is 0. The van der Waals surface area contributed by atoms with Crippen LogP contribution >= 0.6 is 0 Å². The summed E-state index contributed by atoms with van der Waals surface area (Å²) in [5, 5.41) is 41.8. The fourth-order valence-corrected chi connectivity index (χ4v) is 7.51. The number of rotatable bonds is 2. The summed E-state index contributed by atoms with van der Waals surface area (Å²) in [5.41, 5.74) is -1.35. The Balaban J connectivity index is 2.02. The third-order valence-corrected chi connectivity index (χ3v) is 8.49. The van der Waals surface area contributed by atoms with Gasteiger partial charge < -0.3 is 20.4 Å². The normalized spacial score (nSPS) is 43.0. The number of hydrogen-bond acceptors (Lipinski definition) is 4. The molecule has 0 atom stereocenters. The van der Waals surface area contributed by atoms with Gasteiger partial charge in [-0.2, -0.15) is 0 Å². The number of hydrogen-bond donors (Lipinski definition) is 4. The molecule has 140 valence electrons. The highest BCUT2D eigenvalue weighted by atomic mass is 16.5. The maximum atomic E-state index is 10.9. The average Bonchev–Trinajstić information content (AvgIpc) is 2.50. The van der Waals surface area contributed by atoms with Gasteiger partial charge in [0.15, 0.2) is 5.79 Å². The first-order valence-corrected chi connectivity index (χ1v) is 9.81. The molecule has 4 N–H and O–H groups in total. The summed E-state index contributed by atoms with van der Waals surface area (Å²) in [4.78, 5) is 0. The van der Waals surface area contributed by atoms with Crippen LogP contribution in [-0.2, 0) is 0 Å². The standard InChI is InChI=1S/C20H36O4/c1-17(2)19(18(3,4)20(17,23)24,13-5-9-15(21)10-6-13)14-7-11-16(22)12-8-14/h13-16,21-24H,5-12H2,1-4H3. The van der Waals surface area contributed by atoms with Crippen molar-refractivity contribution in [3.8, 4) is 0 Å². The van der Waals surface area contributed by atoms with E-state index in [-0.39, 0.29) is 17.6 Å². The Morgan fingerprint density at radius 3 is 1.17 bits per heavy atom. The third kappa shape index (κ3) is 2.06. The molecule has 0 saturated heterocycles. The average molecular weight is 341 g/mol. The summed E-state index contributed by atoms with van der Waals surface area (Å²) >= 11 is 0. The SMILES string of the molecule is CC1(C)C(O)(O)C(C)(C)C1(C1CCC(O)CC1)C1CCC(O)CC1. The van der Waals surface area contributed by atoms with Crippen molar-refractivity contribution in [2.75, 3.05) is 0 Å². The van der Waals surface area contributed by atoms with Gasteiger partial charge in [-0.05, 0) is 68.6 Å². The minimum absolute atomic E-state index is 0.163. The van der Waals surface area contributed by atoms with E-state index in [2.05, 4.69) is 0 Å². The molecular formula is C20H36O4. The van der Waals surface area contributed by atoms with Gasteiger partial charge in [0.05, 0.1) is 12.2 Å². The molecule has 0 unspecified atom stereocenters. The third-order valence-electron chi connectivity index (χ3n) is 8.49. The summed E-state index contributed by atoms with van der Waals surface area (Å²) in [5.74, 6) is -0.885. The minimum Gasteiger partial charge on any atom is -0.393 e.